The molecule has 1 amide bonds. The summed E-state index contributed by atoms with van der Waals surface area (Å²) < 4.78 is 0. The molecule has 0 aliphatic carbocycles. The topological polar surface area (TPSA) is 29.1 Å². The highest BCUT2D eigenvalue weighted by molar-refractivity contribution is 7.80. The molecule has 3 heteroatoms. The molecular formula is C11H13NOS. The fraction of sp³-hybridized carbons (Fsp3) is 0.273. The van der Waals surface area contributed by atoms with Gasteiger partial charge in [-0.1, -0.05) is 56.4 Å². The summed E-state index contributed by atoms with van der Waals surface area (Å²) in [5.74, 6) is -0.0875. The van der Waals surface area contributed by atoms with Gasteiger partial charge < -0.3 is 5.32 Å². The molecule has 1 N–H and O–H groups in total. The zero-order valence-electron chi connectivity index (χ0n) is 8.28. The molecule has 0 bridgehead atoms. The monoisotopic (exact) mass is 207 g/mol. The summed E-state index contributed by atoms with van der Waals surface area (Å²) in [7, 11) is 0. The number of hydrogen-bond donors (Lipinski definition) is 1. The molecule has 0 saturated carbocycles. The van der Waals surface area contributed by atoms with E-state index in [4.69, 9.17) is 12.2 Å². The van der Waals surface area contributed by atoms with Gasteiger partial charge in [-0.05, 0) is 0 Å². The Kier molecular flexibility index (Phi) is 3.77. The number of thiocarbonyl (C=S) groups is 1. The van der Waals surface area contributed by atoms with Crippen LogP contribution >= 0.6 is 12.2 Å². The van der Waals surface area contributed by atoms with E-state index < -0.39 is 0 Å². The predicted octanol–water partition coefficient (Wildman–Crippen LogP) is 2.13. The van der Waals surface area contributed by atoms with Crippen molar-refractivity contribution in [3.8, 4) is 0 Å². The molecule has 0 aromatic heterocycles. The van der Waals surface area contributed by atoms with Crippen LogP contribution in [-0.4, -0.2) is 10.9 Å². The second kappa shape index (κ2) is 4.86. The van der Waals surface area contributed by atoms with Gasteiger partial charge in [-0.25, -0.2) is 0 Å². The van der Waals surface area contributed by atoms with E-state index in [1.807, 2.05) is 44.2 Å². The van der Waals surface area contributed by atoms with Crippen LogP contribution in [0.2, 0.25) is 0 Å². The van der Waals surface area contributed by atoms with Crippen LogP contribution in [0.3, 0.4) is 0 Å². The van der Waals surface area contributed by atoms with Gasteiger partial charge in [0.2, 0.25) is 5.91 Å². The zero-order chi connectivity index (χ0) is 10.6. The first kappa shape index (κ1) is 10.9. The molecule has 0 atom stereocenters. The van der Waals surface area contributed by atoms with Crippen LogP contribution in [0.5, 0.6) is 0 Å². The third-order valence-corrected chi connectivity index (χ3v) is 2.13. The number of nitrogens with one attached hydrogen (secondary N) is 1. The maximum Gasteiger partial charge on any atom is 0.227 e. The normalized spacial score (nSPS) is 9.93. The molecule has 2 nitrogen and oxygen atoms in total. The van der Waals surface area contributed by atoms with Gasteiger partial charge in [-0.2, -0.15) is 0 Å². The quantitative estimate of drug-likeness (QED) is 0.753. The average Bonchev–Trinajstić information content (AvgIpc) is 2.19. The Morgan fingerprint density at radius 1 is 1.29 bits per heavy atom. The van der Waals surface area contributed by atoms with Gasteiger partial charge in [-0.3, -0.25) is 4.79 Å². The lowest BCUT2D eigenvalue weighted by Gasteiger charge is -2.08. The van der Waals surface area contributed by atoms with Crippen molar-refractivity contribution in [1.29, 1.82) is 0 Å². The van der Waals surface area contributed by atoms with Gasteiger partial charge in [0.05, 0.1) is 0 Å². The van der Waals surface area contributed by atoms with Crippen LogP contribution in [0.4, 0.5) is 0 Å². The Morgan fingerprint density at radius 3 is 2.36 bits per heavy atom. The first-order valence-electron chi connectivity index (χ1n) is 4.51. The fourth-order valence-electron chi connectivity index (χ4n) is 0.918. The maximum atomic E-state index is 11.3. The molecule has 0 spiro atoms. The minimum atomic E-state index is -0.0448. The van der Waals surface area contributed by atoms with E-state index in [1.165, 1.54) is 0 Å². The van der Waals surface area contributed by atoms with Crippen LogP contribution in [0.25, 0.3) is 0 Å². The van der Waals surface area contributed by atoms with Crippen LogP contribution in [0.1, 0.15) is 19.4 Å². The summed E-state index contributed by atoms with van der Waals surface area (Å²) in [5, 5.41) is 2.69. The standard InChI is InChI=1S/C11H13NOS/c1-8(2)10(13)12-11(14)9-6-4-3-5-7-9/h3-8H,1-2H3,(H,12,13,14). The highest BCUT2D eigenvalue weighted by atomic mass is 32.1. The third kappa shape index (κ3) is 2.92. The van der Waals surface area contributed by atoms with Crippen molar-refractivity contribution < 1.29 is 4.79 Å². The molecule has 14 heavy (non-hydrogen) atoms. The second-order valence-corrected chi connectivity index (χ2v) is 3.75. The lowest BCUT2D eigenvalue weighted by atomic mass is 10.2. The Morgan fingerprint density at radius 2 is 1.86 bits per heavy atom. The van der Waals surface area contributed by atoms with Crippen molar-refractivity contribution in [1.82, 2.24) is 5.32 Å². The molecule has 0 fully saturated rings. The van der Waals surface area contributed by atoms with Crippen molar-refractivity contribution in [2.24, 2.45) is 5.92 Å². The van der Waals surface area contributed by atoms with Gasteiger partial charge in [-0.15, -0.1) is 0 Å². The lowest BCUT2D eigenvalue weighted by Crippen LogP contribution is -2.32. The molecule has 0 aliphatic rings. The van der Waals surface area contributed by atoms with Crippen LogP contribution < -0.4 is 5.32 Å². The van der Waals surface area contributed by atoms with E-state index in [0.717, 1.165) is 5.56 Å². The number of carbonyl (C=O) groups excluding carboxylic acids is 1. The summed E-state index contributed by atoms with van der Waals surface area (Å²) in [6.45, 7) is 3.67. The van der Waals surface area contributed by atoms with E-state index in [9.17, 15) is 4.79 Å². The molecule has 1 rings (SSSR count). The smallest absolute Gasteiger partial charge is 0.227 e. The van der Waals surface area contributed by atoms with E-state index in [1.54, 1.807) is 0 Å². The number of benzene rings is 1. The molecule has 1 aromatic rings. The molecule has 0 aliphatic heterocycles. The highest BCUT2D eigenvalue weighted by Gasteiger charge is 2.09. The van der Waals surface area contributed by atoms with Crippen molar-refractivity contribution >= 4 is 23.1 Å². The molecule has 0 heterocycles. The van der Waals surface area contributed by atoms with Gasteiger partial charge in [0, 0.05) is 11.5 Å². The van der Waals surface area contributed by atoms with E-state index in [0.29, 0.717) is 4.99 Å². The number of carbonyl (C=O) groups is 1. The highest BCUT2D eigenvalue weighted by Crippen LogP contribution is 2.00. The Bertz CT molecular complexity index is 332. The number of amides is 1. The Balaban J connectivity index is 2.65. The largest absolute Gasteiger partial charge is 0.316 e. The predicted molar refractivity (Wildman–Crippen MR) is 61.1 cm³/mol. The minimum absolute atomic E-state index is 0.0427. The van der Waals surface area contributed by atoms with Crippen molar-refractivity contribution in [2.45, 2.75) is 13.8 Å². The van der Waals surface area contributed by atoms with Gasteiger partial charge in [0.15, 0.2) is 0 Å². The van der Waals surface area contributed by atoms with E-state index in [2.05, 4.69) is 5.32 Å². The first-order chi connectivity index (χ1) is 6.61. The van der Waals surface area contributed by atoms with Crippen molar-refractivity contribution in [2.75, 3.05) is 0 Å². The van der Waals surface area contributed by atoms with Crippen LogP contribution in [0, 0.1) is 5.92 Å². The first-order valence-corrected chi connectivity index (χ1v) is 4.92. The van der Waals surface area contributed by atoms with Gasteiger partial charge >= 0.3 is 0 Å². The van der Waals surface area contributed by atoms with Gasteiger partial charge in [0.25, 0.3) is 0 Å². The van der Waals surface area contributed by atoms with Gasteiger partial charge in [0.1, 0.15) is 4.99 Å². The Labute approximate surface area is 89.3 Å². The number of rotatable bonds is 2. The zero-order valence-corrected chi connectivity index (χ0v) is 9.10. The van der Waals surface area contributed by atoms with Crippen LogP contribution in [-0.2, 0) is 4.79 Å². The lowest BCUT2D eigenvalue weighted by molar-refractivity contribution is -0.122. The second-order valence-electron chi connectivity index (χ2n) is 3.34. The summed E-state index contributed by atoms with van der Waals surface area (Å²) >= 11 is 5.08. The number of hydrogen-bond acceptors (Lipinski definition) is 2. The summed E-state index contributed by atoms with van der Waals surface area (Å²) in [4.78, 5) is 11.8. The molecule has 1 aromatic carbocycles. The summed E-state index contributed by atoms with van der Waals surface area (Å²) in [6.07, 6.45) is 0. The molecule has 0 saturated heterocycles. The molecule has 0 radical (unpaired) electrons. The van der Waals surface area contributed by atoms with Crippen molar-refractivity contribution in [3.63, 3.8) is 0 Å². The van der Waals surface area contributed by atoms with Crippen molar-refractivity contribution in [3.05, 3.63) is 35.9 Å². The van der Waals surface area contributed by atoms with E-state index >= 15 is 0 Å². The van der Waals surface area contributed by atoms with Crippen LogP contribution in [0.15, 0.2) is 30.3 Å². The fourth-order valence-corrected chi connectivity index (χ4v) is 1.15. The minimum Gasteiger partial charge on any atom is -0.316 e. The summed E-state index contributed by atoms with van der Waals surface area (Å²) in [5.41, 5.74) is 0.872. The average molecular weight is 207 g/mol. The maximum absolute atomic E-state index is 11.3. The summed E-state index contributed by atoms with van der Waals surface area (Å²) in [6, 6.07) is 9.45. The third-order valence-electron chi connectivity index (χ3n) is 1.80. The van der Waals surface area contributed by atoms with E-state index in [-0.39, 0.29) is 11.8 Å². The Hall–Kier alpha value is -1.22. The molecule has 0 unspecified atom stereocenters. The molecule has 74 valence electrons. The SMILES string of the molecule is CC(C)C(=O)NC(=S)c1ccccc1. The molecular weight excluding hydrogens is 194 g/mol.